The molecule has 0 unspecified atom stereocenters. The smallest absolute Gasteiger partial charge is 0.311 e. The predicted octanol–water partition coefficient (Wildman–Crippen LogP) is 1.27. The van der Waals surface area contributed by atoms with Crippen molar-refractivity contribution < 1.29 is 14.7 Å². The number of nitrogens with zero attached hydrogens (tertiary/aromatic N) is 1. The summed E-state index contributed by atoms with van der Waals surface area (Å²) in [5.41, 5.74) is 4.84. The molecule has 6 nitrogen and oxygen atoms in total. The molecule has 1 heterocycles. The topological polar surface area (TPSA) is 105 Å². The number of nitrogens with two attached hydrogens (primary N) is 1. The maximum Gasteiger partial charge on any atom is 0.311 e. The van der Waals surface area contributed by atoms with Crippen molar-refractivity contribution in [3.63, 3.8) is 0 Å². The van der Waals surface area contributed by atoms with Crippen LogP contribution in [-0.4, -0.2) is 35.1 Å². The Morgan fingerprint density at radius 2 is 2.10 bits per heavy atom. The fraction of sp³-hybridized carbons (Fsp3) is 0.615. The Morgan fingerprint density at radius 1 is 1.45 bits per heavy atom. The van der Waals surface area contributed by atoms with Crippen molar-refractivity contribution in [2.24, 2.45) is 11.1 Å². The summed E-state index contributed by atoms with van der Waals surface area (Å²) in [6.07, 6.45) is 1.57. The number of carboxylic acids is 1. The molecule has 112 valence electrons. The lowest BCUT2D eigenvalue weighted by Crippen LogP contribution is -2.42. The van der Waals surface area contributed by atoms with Crippen molar-refractivity contribution in [3.8, 4) is 0 Å². The lowest BCUT2D eigenvalue weighted by Gasteiger charge is -2.26. The van der Waals surface area contributed by atoms with Crippen LogP contribution in [0.2, 0.25) is 0 Å². The van der Waals surface area contributed by atoms with Crippen LogP contribution in [0.25, 0.3) is 0 Å². The van der Waals surface area contributed by atoms with Crippen LogP contribution in [-0.2, 0) is 11.2 Å². The van der Waals surface area contributed by atoms with Gasteiger partial charge >= 0.3 is 5.97 Å². The van der Waals surface area contributed by atoms with Gasteiger partial charge < -0.3 is 16.2 Å². The molecule has 0 aliphatic rings. The van der Waals surface area contributed by atoms with Crippen molar-refractivity contribution in [3.05, 3.63) is 16.1 Å². The summed E-state index contributed by atoms with van der Waals surface area (Å²) >= 11 is 1.39. The van der Waals surface area contributed by atoms with E-state index in [4.69, 9.17) is 5.73 Å². The first-order chi connectivity index (χ1) is 9.49. The van der Waals surface area contributed by atoms with Gasteiger partial charge in [-0.3, -0.25) is 9.59 Å². The number of carbonyl (C=O) groups excluding carboxylic acids is 1. The van der Waals surface area contributed by atoms with Gasteiger partial charge in [0, 0.05) is 18.3 Å². The van der Waals surface area contributed by atoms with E-state index in [1.54, 1.807) is 5.38 Å². The number of amides is 1. The molecule has 0 saturated carbocycles. The Morgan fingerprint density at radius 3 is 2.60 bits per heavy atom. The molecule has 4 N–H and O–H groups in total. The molecule has 1 amide bonds. The van der Waals surface area contributed by atoms with E-state index in [1.165, 1.54) is 11.3 Å². The normalized spacial score (nSPS) is 11.3. The van der Waals surface area contributed by atoms with E-state index in [-0.39, 0.29) is 12.5 Å². The second-order valence-electron chi connectivity index (χ2n) is 4.64. The number of hydrogen-bond donors (Lipinski definition) is 3. The molecule has 0 atom stereocenters. The molecule has 0 bridgehead atoms. The highest BCUT2D eigenvalue weighted by Gasteiger charge is 2.35. The summed E-state index contributed by atoms with van der Waals surface area (Å²) in [6.45, 7) is 4.22. The molecule has 0 aliphatic heterocycles. The molecule has 7 heteroatoms. The fourth-order valence-corrected chi connectivity index (χ4v) is 2.67. The quantitative estimate of drug-likeness (QED) is 0.670. The van der Waals surface area contributed by atoms with E-state index in [0.717, 1.165) is 5.01 Å². The molecule has 0 fully saturated rings. The third kappa shape index (κ3) is 3.77. The SMILES string of the molecule is CCC(CC)(CNC(=O)c1csc(CCN)n1)C(=O)O. The minimum absolute atomic E-state index is 0.109. The maximum absolute atomic E-state index is 12.0. The Kier molecular flexibility index (Phi) is 6.09. The highest BCUT2D eigenvalue weighted by atomic mass is 32.1. The molecule has 0 aromatic carbocycles. The average molecular weight is 299 g/mol. The molecular formula is C13H21N3O3S. The van der Waals surface area contributed by atoms with Crippen LogP contribution in [0.1, 0.15) is 42.2 Å². The van der Waals surface area contributed by atoms with Gasteiger partial charge in [-0.05, 0) is 19.4 Å². The summed E-state index contributed by atoms with van der Waals surface area (Å²) in [7, 11) is 0. The standard InChI is InChI=1S/C13H21N3O3S/c1-3-13(4-2,12(18)19)8-15-11(17)9-7-20-10(16-9)5-6-14/h7H,3-6,8,14H2,1-2H3,(H,15,17)(H,18,19). The molecular weight excluding hydrogens is 278 g/mol. The van der Waals surface area contributed by atoms with E-state index in [0.29, 0.717) is 31.5 Å². The number of aliphatic carboxylic acids is 1. The molecule has 0 aliphatic carbocycles. The zero-order valence-electron chi connectivity index (χ0n) is 11.8. The molecule has 20 heavy (non-hydrogen) atoms. The second-order valence-corrected chi connectivity index (χ2v) is 5.58. The van der Waals surface area contributed by atoms with E-state index in [9.17, 15) is 14.7 Å². The predicted molar refractivity (Wildman–Crippen MR) is 77.9 cm³/mol. The summed E-state index contributed by atoms with van der Waals surface area (Å²) in [5, 5.41) is 14.5. The fourth-order valence-electron chi connectivity index (χ4n) is 1.87. The van der Waals surface area contributed by atoms with Crippen molar-refractivity contribution in [2.45, 2.75) is 33.1 Å². The van der Waals surface area contributed by atoms with E-state index in [1.807, 2.05) is 13.8 Å². The first kappa shape index (κ1) is 16.6. The van der Waals surface area contributed by atoms with Crippen molar-refractivity contribution in [1.82, 2.24) is 10.3 Å². The zero-order valence-corrected chi connectivity index (χ0v) is 12.6. The monoisotopic (exact) mass is 299 g/mol. The Balaban J connectivity index is 2.67. The lowest BCUT2D eigenvalue weighted by molar-refractivity contribution is -0.149. The van der Waals surface area contributed by atoms with E-state index < -0.39 is 11.4 Å². The van der Waals surface area contributed by atoms with Gasteiger partial charge in [-0.2, -0.15) is 0 Å². The van der Waals surface area contributed by atoms with Crippen LogP contribution < -0.4 is 11.1 Å². The molecule has 0 saturated heterocycles. The van der Waals surface area contributed by atoms with Gasteiger partial charge in [0.25, 0.3) is 5.91 Å². The number of nitrogens with one attached hydrogen (secondary N) is 1. The van der Waals surface area contributed by atoms with Gasteiger partial charge in [0.15, 0.2) is 0 Å². The summed E-state index contributed by atoms with van der Waals surface area (Å²) in [5.74, 6) is -1.22. The molecule has 1 rings (SSSR count). The molecule has 1 aromatic heterocycles. The number of rotatable bonds is 8. The largest absolute Gasteiger partial charge is 0.481 e. The highest BCUT2D eigenvalue weighted by molar-refractivity contribution is 7.09. The molecule has 1 aromatic rings. The average Bonchev–Trinajstić information content (AvgIpc) is 2.89. The number of carbonyl (C=O) groups is 2. The summed E-state index contributed by atoms with van der Waals surface area (Å²) in [4.78, 5) is 27.5. The second kappa shape index (κ2) is 7.35. The van der Waals surface area contributed by atoms with Gasteiger partial charge in [0.2, 0.25) is 0 Å². The molecule has 0 spiro atoms. The van der Waals surface area contributed by atoms with Crippen molar-refractivity contribution in [1.29, 1.82) is 0 Å². The van der Waals surface area contributed by atoms with Crippen molar-refractivity contribution in [2.75, 3.05) is 13.1 Å². The van der Waals surface area contributed by atoms with Gasteiger partial charge in [-0.25, -0.2) is 4.98 Å². The minimum Gasteiger partial charge on any atom is -0.481 e. The van der Waals surface area contributed by atoms with Gasteiger partial charge in [-0.15, -0.1) is 11.3 Å². The van der Waals surface area contributed by atoms with Crippen LogP contribution in [0.4, 0.5) is 0 Å². The van der Waals surface area contributed by atoms with Gasteiger partial charge in [0.05, 0.1) is 10.4 Å². The highest BCUT2D eigenvalue weighted by Crippen LogP contribution is 2.25. The summed E-state index contributed by atoms with van der Waals surface area (Å²) in [6, 6.07) is 0. The summed E-state index contributed by atoms with van der Waals surface area (Å²) < 4.78 is 0. The van der Waals surface area contributed by atoms with Gasteiger partial charge in [0.1, 0.15) is 5.69 Å². The van der Waals surface area contributed by atoms with Crippen LogP contribution in [0.15, 0.2) is 5.38 Å². The Labute approximate surface area is 122 Å². The van der Waals surface area contributed by atoms with Crippen LogP contribution in [0.5, 0.6) is 0 Å². The van der Waals surface area contributed by atoms with E-state index >= 15 is 0 Å². The number of hydrogen-bond acceptors (Lipinski definition) is 5. The minimum atomic E-state index is -0.911. The number of thiazole rings is 1. The first-order valence-corrected chi connectivity index (χ1v) is 7.53. The lowest BCUT2D eigenvalue weighted by atomic mass is 9.82. The Hall–Kier alpha value is -1.47. The number of carboxylic acid groups (broad SMARTS) is 1. The zero-order chi connectivity index (χ0) is 15.2. The van der Waals surface area contributed by atoms with Crippen LogP contribution in [0, 0.1) is 5.41 Å². The van der Waals surface area contributed by atoms with Crippen LogP contribution >= 0.6 is 11.3 Å². The Bertz CT molecular complexity index is 469. The van der Waals surface area contributed by atoms with Crippen molar-refractivity contribution >= 4 is 23.2 Å². The third-order valence-corrected chi connectivity index (χ3v) is 4.45. The van der Waals surface area contributed by atoms with Gasteiger partial charge in [-0.1, -0.05) is 13.8 Å². The molecule has 0 radical (unpaired) electrons. The first-order valence-electron chi connectivity index (χ1n) is 6.65. The van der Waals surface area contributed by atoms with E-state index in [2.05, 4.69) is 10.3 Å². The number of aromatic nitrogens is 1. The maximum atomic E-state index is 12.0. The van der Waals surface area contributed by atoms with Crippen LogP contribution in [0.3, 0.4) is 0 Å². The third-order valence-electron chi connectivity index (χ3n) is 3.54.